The molecule has 18 heavy (non-hydrogen) atoms. The van der Waals surface area contributed by atoms with Gasteiger partial charge in [0.25, 0.3) is 0 Å². The van der Waals surface area contributed by atoms with Gasteiger partial charge in [-0.1, -0.05) is 0 Å². The number of rotatable bonds is 5. The minimum atomic E-state index is -3.07. The lowest BCUT2D eigenvalue weighted by molar-refractivity contribution is -0.123. The molecule has 0 spiro atoms. The van der Waals surface area contributed by atoms with Crippen LogP contribution in [0, 0.1) is 0 Å². The Kier molecular flexibility index (Phi) is 7.77. The molecule has 3 N–H and O–H groups in total. The van der Waals surface area contributed by atoms with Gasteiger partial charge in [-0.05, 0) is 19.3 Å². The molecule has 1 aliphatic heterocycles. The van der Waals surface area contributed by atoms with Crippen molar-refractivity contribution in [1.29, 1.82) is 0 Å². The van der Waals surface area contributed by atoms with Crippen LogP contribution in [0.25, 0.3) is 0 Å². The van der Waals surface area contributed by atoms with E-state index in [1.807, 2.05) is 0 Å². The number of carbonyl (C=O) groups excluding carboxylic acids is 1. The maximum absolute atomic E-state index is 11.7. The molecule has 1 unspecified atom stereocenters. The van der Waals surface area contributed by atoms with E-state index >= 15 is 0 Å². The third-order valence-electron chi connectivity index (χ3n) is 2.70. The first-order chi connectivity index (χ1) is 7.88. The van der Waals surface area contributed by atoms with Gasteiger partial charge in [-0.15, -0.1) is 12.4 Å². The number of nitrogens with two attached hydrogens (primary N) is 1. The van der Waals surface area contributed by atoms with Crippen LogP contribution < -0.4 is 11.1 Å². The van der Waals surface area contributed by atoms with Crippen molar-refractivity contribution < 1.29 is 17.9 Å². The summed E-state index contributed by atoms with van der Waals surface area (Å²) in [5.74, 6) is -0.337. The first kappa shape index (κ1) is 17.6. The molecule has 1 saturated heterocycles. The second-order valence-corrected chi connectivity index (χ2v) is 6.68. The molecule has 0 radical (unpaired) electrons. The number of nitrogens with one attached hydrogen (secondary N) is 1. The van der Waals surface area contributed by atoms with Gasteiger partial charge in [0.2, 0.25) is 5.91 Å². The summed E-state index contributed by atoms with van der Waals surface area (Å²) in [6, 6.07) is -0.659. The summed E-state index contributed by atoms with van der Waals surface area (Å²) in [6.07, 6.45) is 2.86. The van der Waals surface area contributed by atoms with Crippen molar-refractivity contribution in [3.8, 4) is 0 Å². The Morgan fingerprint density at radius 1 is 1.44 bits per heavy atom. The summed E-state index contributed by atoms with van der Waals surface area (Å²) >= 11 is 0. The van der Waals surface area contributed by atoms with Crippen LogP contribution in [0.15, 0.2) is 0 Å². The average molecular weight is 301 g/mol. The lowest BCUT2D eigenvalue weighted by Crippen LogP contribution is -2.47. The third-order valence-corrected chi connectivity index (χ3v) is 3.68. The lowest BCUT2D eigenvalue weighted by atomic mass is 10.1. The zero-order chi connectivity index (χ0) is 12.9. The molecular formula is C10H21ClN2O4S. The molecule has 0 aromatic carbocycles. The van der Waals surface area contributed by atoms with Crippen LogP contribution in [-0.4, -0.2) is 51.6 Å². The molecule has 0 aliphatic carbocycles. The Balaban J connectivity index is 0.00000289. The molecule has 1 amide bonds. The van der Waals surface area contributed by atoms with Crippen LogP contribution in [0.2, 0.25) is 0 Å². The number of carbonyl (C=O) groups is 1. The molecule has 0 saturated carbocycles. The van der Waals surface area contributed by atoms with E-state index in [4.69, 9.17) is 10.5 Å². The second-order valence-electron chi connectivity index (χ2n) is 4.42. The van der Waals surface area contributed by atoms with Crippen molar-refractivity contribution in [2.24, 2.45) is 5.73 Å². The van der Waals surface area contributed by atoms with Gasteiger partial charge in [0, 0.05) is 25.5 Å². The van der Waals surface area contributed by atoms with Crippen LogP contribution in [0.3, 0.4) is 0 Å². The zero-order valence-corrected chi connectivity index (χ0v) is 12.1. The van der Waals surface area contributed by atoms with Crippen LogP contribution >= 0.6 is 12.4 Å². The monoisotopic (exact) mass is 300 g/mol. The minimum Gasteiger partial charge on any atom is -0.381 e. The predicted octanol–water partition coefficient (Wildman–Crippen LogP) is -0.535. The fraction of sp³-hybridized carbons (Fsp3) is 0.900. The Labute approximate surface area is 114 Å². The van der Waals surface area contributed by atoms with E-state index in [2.05, 4.69) is 5.32 Å². The maximum atomic E-state index is 11.7. The Morgan fingerprint density at radius 3 is 2.50 bits per heavy atom. The SMILES string of the molecule is CS(=O)(=O)CCC(N)C(=O)NC1CCOCC1.Cl. The molecule has 0 bridgehead atoms. The molecule has 0 aromatic rings. The van der Waals surface area contributed by atoms with Crippen LogP contribution in [0.1, 0.15) is 19.3 Å². The van der Waals surface area contributed by atoms with Gasteiger partial charge in [-0.25, -0.2) is 8.42 Å². The molecule has 1 atom stereocenters. The number of sulfone groups is 1. The number of hydrogen-bond acceptors (Lipinski definition) is 5. The molecule has 1 rings (SSSR count). The van der Waals surface area contributed by atoms with E-state index in [1.165, 1.54) is 0 Å². The topological polar surface area (TPSA) is 98.5 Å². The lowest BCUT2D eigenvalue weighted by Gasteiger charge is -2.24. The van der Waals surface area contributed by atoms with Gasteiger partial charge in [0.1, 0.15) is 9.84 Å². The number of ether oxygens (including phenoxy) is 1. The summed E-state index contributed by atoms with van der Waals surface area (Å²) < 4.78 is 27.1. The molecule has 1 heterocycles. The van der Waals surface area contributed by atoms with Crippen molar-refractivity contribution >= 4 is 28.2 Å². The average Bonchev–Trinajstić information content (AvgIpc) is 2.26. The minimum absolute atomic E-state index is 0. The highest BCUT2D eigenvalue weighted by atomic mass is 35.5. The highest BCUT2D eigenvalue weighted by molar-refractivity contribution is 7.90. The normalized spacial score (nSPS) is 18.8. The number of hydrogen-bond donors (Lipinski definition) is 2. The summed E-state index contributed by atoms with van der Waals surface area (Å²) in [7, 11) is -3.07. The summed E-state index contributed by atoms with van der Waals surface area (Å²) in [4.78, 5) is 11.7. The van der Waals surface area contributed by atoms with Gasteiger partial charge in [0.15, 0.2) is 0 Å². The highest BCUT2D eigenvalue weighted by Gasteiger charge is 2.20. The van der Waals surface area contributed by atoms with Crippen molar-refractivity contribution in [2.75, 3.05) is 25.2 Å². The molecular weight excluding hydrogens is 280 g/mol. The van der Waals surface area contributed by atoms with Crippen molar-refractivity contribution in [2.45, 2.75) is 31.3 Å². The van der Waals surface area contributed by atoms with Crippen molar-refractivity contribution in [3.63, 3.8) is 0 Å². The standard InChI is InChI=1S/C10H20N2O4S.ClH/c1-17(14,15)7-4-9(11)10(13)12-8-2-5-16-6-3-8;/h8-9H,2-7,11H2,1H3,(H,12,13);1H. The van der Waals surface area contributed by atoms with Crippen molar-refractivity contribution in [3.05, 3.63) is 0 Å². The van der Waals surface area contributed by atoms with E-state index in [1.54, 1.807) is 0 Å². The maximum Gasteiger partial charge on any atom is 0.237 e. The largest absolute Gasteiger partial charge is 0.381 e. The van der Waals surface area contributed by atoms with Gasteiger partial charge in [-0.2, -0.15) is 0 Å². The molecule has 108 valence electrons. The summed E-state index contributed by atoms with van der Waals surface area (Å²) in [5, 5.41) is 2.82. The first-order valence-electron chi connectivity index (χ1n) is 5.70. The van der Waals surface area contributed by atoms with E-state index in [0.29, 0.717) is 13.2 Å². The van der Waals surface area contributed by atoms with Gasteiger partial charge >= 0.3 is 0 Å². The molecule has 8 heteroatoms. The van der Waals surface area contributed by atoms with Crippen LogP contribution in [-0.2, 0) is 19.4 Å². The van der Waals surface area contributed by atoms with E-state index in [0.717, 1.165) is 19.1 Å². The van der Waals surface area contributed by atoms with Crippen molar-refractivity contribution in [1.82, 2.24) is 5.32 Å². The van der Waals surface area contributed by atoms with Gasteiger partial charge in [-0.3, -0.25) is 4.79 Å². The Bertz CT molecular complexity index is 355. The van der Waals surface area contributed by atoms with E-state index in [9.17, 15) is 13.2 Å². The molecule has 0 aromatic heterocycles. The van der Waals surface area contributed by atoms with E-state index < -0.39 is 15.9 Å². The second kappa shape index (κ2) is 7.93. The quantitative estimate of drug-likeness (QED) is 0.711. The van der Waals surface area contributed by atoms with Crippen LogP contribution in [0.4, 0.5) is 0 Å². The Morgan fingerprint density at radius 2 is 2.00 bits per heavy atom. The smallest absolute Gasteiger partial charge is 0.237 e. The van der Waals surface area contributed by atoms with Gasteiger partial charge < -0.3 is 15.8 Å². The molecule has 6 nitrogen and oxygen atoms in total. The van der Waals surface area contributed by atoms with E-state index in [-0.39, 0.29) is 36.5 Å². The fourth-order valence-electron chi connectivity index (χ4n) is 1.62. The molecule has 1 fully saturated rings. The number of amides is 1. The third kappa shape index (κ3) is 7.15. The Hall–Kier alpha value is -0.370. The fourth-order valence-corrected chi connectivity index (χ4v) is 2.30. The zero-order valence-electron chi connectivity index (χ0n) is 10.4. The number of halogens is 1. The summed E-state index contributed by atoms with van der Waals surface area (Å²) in [6.45, 7) is 1.28. The molecule has 1 aliphatic rings. The first-order valence-corrected chi connectivity index (χ1v) is 7.76. The highest BCUT2D eigenvalue weighted by Crippen LogP contribution is 2.06. The predicted molar refractivity (Wildman–Crippen MR) is 71.5 cm³/mol. The van der Waals surface area contributed by atoms with Crippen LogP contribution in [0.5, 0.6) is 0 Å². The van der Waals surface area contributed by atoms with Gasteiger partial charge in [0.05, 0.1) is 11.8 Å². The summed E-state index contributed by atoms with van der Waals surface area (Å²) in [5.41, 5.74) is 5.63.